The summed E-state index contributed by atoms with van der Waals surface area (Å²) in [6.07, 6.45) is 12.6. The number of hydrogen-bond donors (Lipinski definition) is 1. The van der Waals surface area contributed by atoms with E-state index >= 15 is 0 Å². The number of carbonyl (C=O) groups excluding carboxylic acids is 2. The molecule has 0 unspecified atom stereocenters. The first-order chi connectivity index (χ1) is 22.4. The number of para-hydroxylation sites is 1. The lowest BCUT2D eigenvalue weighted by Crippen LogP contribution is -2.66. The summed E-state index contributed by atoms with van der Waals surface area (Å²) >= 11 is 0. The van der Waals surface area contributed by atoms with Gasteiger partial charge in [0.2, 0.25) is 0 Å². The Labute approximate surface area is 286 Å². The molecular weight excluding hydrogens is 604 g/mol. The van der Waals surface area contributed by atoms with Crippen LogP contribution >= 0.6 is 0 Å². The molecule has 0 amide bonds. The minimum atomic E-state index is -0.761. The lowest BCUT2D eigenvalue weighted by atomic mass is 9.33. The van der Waals surface area contributed by atoms with Crippen molar-refractivity contribution in [2.75, 3.05) is 14.2 Å². The van der Waals surface area contributed by atoms with Crippen molar-refractivity contribution in [3.63, 3.8) is 0 Å². The van der Waals surface area contributed by atoms with E-state index in [-0.39, 0.29) is 62.7 Å². The van der Waals surface area contributed by atoms with Crippen molar-refractivity contribution in [1.29, 1.82) is 0 Å². The minimum absolute atomic E-state index is 0.0287. The van der Waals surface area contributed by atoms with Gasteiger partial charge < -0.3 is 19.3 Å². The smallest absolute Gasteiger partial charge is 0.331 e. The summed E-state index contributed by atoms with van der Waals surface area (Å²) in [5.74, 6) is 0.464. The summed E-state index contributed by atoms with van der Waals surface area (Å²) in [5, 5.41) is 10.2. The Bertz CT molecular complexity index is 1570. The van der Waals surface area contributed by atoms with Crippen molar-refractivity contribution in [3.05, 3.63) is 41.5 Å². The Morgan fingerprint density at radius 1 is 0.896 bits per heavy atom. The van der Waals surface area contributed by atoms with E-state index in [0.717, 1.165) is 44.1 Å². The SMILES string of the molecule is COc1cccc(/C=C/C(=O)O[C@H]2CC[C@]3(C)[C@H]4C(=O)C=C5[C@@H]6C[C@@](C)(C(=O)O)CC[C@]6(C)CC[C@@]5(C)[C@]4(C)CC[C@H]3C2(C)C)c1OC. The summed E-state index contributed by atoms with van der Waals surface area (Å²) in [6, 6.07) is 5.54. The van der Waals surface area contributed by atoms with Crippen LogP contribution in [0.1, 0.15) is 112 Å². The van der Waals surface area contributed by atoms with Crippen LogP contribution in [0, 0.1) is 50.2 Å². The summed E-state index contributed by atoms with van der Waals surface area (Å²) in [6.45, 7) is 15.8. The molecule has 48 heavy (non-hydrogen) atoms. The molecule has 1 N–H and O–H groups in total. The molecule has 6 rings (SSSR count). The molecule has 0 bridgehead atoms. The molecule has 262 valence electrons. The van der Waals surface area contributed by atoms with Gasteiger partial charge in [-0.1, -0.05) is 59.2 Å². The number of carboxylic acids is 1. The summed E-state index contributed by atoms with van der Waals surface area (Å²) in [4.78, 5) is 40.3. The molecule has 0 radical (unpaired) electrons. The Morgan fingerprint density at radius 2 is 1.60 bits per heavy atom. The van der Waals surface area contributed by atoms with Gasteiger partial charge in [0, 0.05) is 23.0 Å². The molecular formula is C41H56O7. The van der Waals surface area contributed by atoms with E-state index in [0.29, 0.717) is 30.8 Å². The molecule has 1 aromatic carbocycles. The van der Waals surface area contributed by atoms with E-state index in [1.54, 1.807) is 20.3 Å². The van der Waals surface area contributed by atoms with Crippen LogP contribution in [0.5, 0.6) is 11.5 Å². The van der Waals surface area contributed by atoms with Crippen LogP contribution in [0.4, 0.5) is 0 Å². The van der Waals surface area contributed by atoms with Gasteiger partial charge in [-0.05, 0) is 116 Å². The minimum Gasteiger partial charge on any atom is -0.493 e. The number of allylic oxidation sites excluding steroid dienone is 2. The maximum Gasteiger partial charge on any atom is 0.331 e. The second-order valence-electron chi connectivity index (χ2n) is 17.8. The number of aliphatic carboxylic acids is 1. The Morgan fingerprint density at radius 3 is 2.27 bits per heavy atom. The highest BCUT2D eigenvalue weighted by Gasteiger charge is 2.70. The van der Waals surface area contributed by atoms with Crippen LogP contribution in [-0.4, -0.2) is 43.2 Å². The molecule has 0 spiro atoms. The summed E-state index contributed by atoms with van der Waals surface area (Å²) in [5.41, 5.74) is 0.273. The van der Waals surface area contributed by atoms with Gasteiger partial charge in [-0.2, -0.15) is 0 Å². The number of hydrogen-bond acceptors (Lipinski definition) is 6. The van der Waals surface area contributed by atoms with Crippen molar-refractivity contribution in [2.45, 2.75) is 112 Å². The van der Waals surface area contributed by atoms with Crippen LogP contribution in [0.3, 0.4) is 0 Å². The maximum atomic E-state index is 14.6. The summed E-state index contributed by atoms with van der Waals surface area (Å²) < 4.78 is 17.1. The molecule has 0 aliphatic heterocycles. The van der Waals surface area contributed by atoms with Gasteiger partial charge >= 0.3 is 11.9 Å². The number of carboxylic acid groups (broad SMARTS) is 1. The van der Waals surface area contributed by atoms with Crippen molar-refractivity contribution >= 4 is 23.8 Å². The van der Waals surface area contributed by atoms with Crippen molar-refractivity contribution in [2.24, 2.45) is 50.2 Å². The van der Waals surface area contributed by atoms with Crippen molar-refractivity contribution < 1.29 is 33.7 Å². The average molecular weight is 661 g/mol. The van der Waals surface area contributed by atoms with Gasteiger partial charge in [0.15, 0.2) is 17.3 Å². The van der Waals surface area contributed by atoms with E-state index in [9.17, 15) is 19.5 Å². The van der Waals surface area contributed by atoms with E-state index in [1.807, 2.05) is 31.2 Å². The first-order valence-electron chi connectivity index (χ1n) is 18.0. The second-order valence-corrected chi connectivity index (χ2v) is 17.8. The number of esters is 1. The normalized spacial score (nSPS) is 41.6. The molecule has 0 aromatic heterocycles. The van der Waals surface area contributed by atoms with Gasteiger partial charge in [-0.3, -0.25) is 9.59 Å². The van der Waals surface area contributed by atoms with E-state index in [2.05, 4.69) is 41.5 Å². The third-order valence-electron chi connectivity index (χ3n) is 15.1. The van der Waals surface area contributed by atoms with Gasteiger partial charge in [-0.15, -0.1) is 0 Å². The number of benzene rings is 1. The maximum absolute atomic E-state index is 14.6. The number of rotatable bonds is 6. The number of methoxy groups -OCH3 is 2. The quantitative estimate of drug-likeness (QED) is 0.241. The standard InChI is InChI=1S/C41H56O7/c1-36(2)30-15-18-41(7)34(28(42)23-26-27-24-38(4,35(44)45)20-19-37(27,3)21-22-40(26,41)6)39(30,5)17-16-31(36)48-32(43)14-13-25-11-10-12-29(46-8)33(25)47-9/h10-14,23,27,30-31,34H,15-22,24H2,1-9H3,(H,44,45)/b14-13+/t27-,30-,31-,34+,37+,38-,39-,40+,41+/m0/s1. The lowest BCUT2D eigenvalue weighted by Gasteiger charge is -2.70. The number of carbonyl (C=O) groups is 3. The molecule has 1 aromatic rings. The van der Waals surface area contributed by atoms with Crippen molar-refractivity contribution in [1.82, 2.24) is 0 Å². The van der Waals surface area contributed by atoms with Crippen molar-refractivity contribution in [3.8, 4) is 11.5 Å². The predicted octanol–water partition coefficient (Wildman–Crippen LogP) is 8.69. The van der Waals surface area contributed by atoms with Gasteiger partial charge in [-0.25, -0.2) is 4.79 Å². The van der Waals surface area contributed by atoms with Gasteiger partial charge in [0.1, 0.15) is 6.10 Å². The summed E-state index contributed by atoms with van der Waals surface area (Å²) in [7, 11) is 3.16. The Hall–Kier alpha value is -3.09. The first-order valence-corrected chi connectivity index (χ1v) is 18.0. The fourth-order valence-corrected chi connectivity index (χ4v) is 11.9. The first kappa shape index (κ1) is 34.8. The predicted molar refractivity (Wildman–Crippen MR) is 186 cm³/mol. The number of ketones is 1. The molecule has 0 saturated heterocycles. The molecule has 5 aliphatic rings. The van der Waals surface area contributed by atoms with Crippen LogP contribution in [-0.2, 0) is 19.1 Å². The monoisotopic (exact) mass is 660 g/mol. The fraction of sp³-hybridized carbons (Fsp3) is 0.683. The largest absolute Gasteiger partial charge is 0.493 e. The van der Waals surface area contributed by atoms with Gasteiger partial charge in [0.25, 0.3) is 0 Å². The molecule has 5 aliphatic carbocycles. The zero-order chi connectivity index (χ0) is 35.1. The van der Waals surface area contributed by atoms with E-state index < -0.39 is 11.4 Å². The highest BCUT2D eigenvalue weighted by Crippen LogP contribution is 2.75. The molecule has 9 atom stereocenters. The highest BCUT2D eigenvalue weighted by molar-refractivity contribution is 5.96. The topological polar surface area (TPSA) is 99.1 Å². The van der Waals surface area contributed by atoms with E-state index in [4.69, 9.17) is 14.2 Å². The van der Waals surface area contributed by atoms with Gasteiger partial charge in [0.05, 0.1) is 19.6 Å². The third-order valence-corrected chi connectivity index (χ3v) is 15.1. The molecule has 4 fully saturated rings. The molecule has 0 heterocycles. The number of ether oxygens (including phenoxy) is 3. The zero-order valence-electron chi connectivity index (χ0n) is 30.5. The van der Waals surface area contributed by atoms with Crippen LogP contribution in [0.25, 0.3) is 6.08 Å². The molecule has 4 saturated carbocycles. The Balaban J connectivity index is 1.27. The van der Waals surface area contributed by atoms with E-state index in [1.165, 1.54) is 11.6 Å². The molecule has 7 heteroatoms. The average Bonchev–Trinajstić information content (AvgIpc) is 3.02. The Kier molecular flexibility index (Phi) is 8.32. The highest BCUT2D eigenvalue weighted by atomic mass is 16.5. The third kappa shape index (κ3) is 4.91. The number of fused-ring (bicyclic) bond motifs is 7. The lowest BCUT2D eigenvalue weighted by molar-refractivity contribution is -0.209. The van der Waals surface area contributed by atoms with Crippen LogP contribution in [0.15, 0.2) is 35.9 Å². The molecule has 7 nitrogen and oxygen atoms in total. The van der Waals surface area contributed by atoms with Crippen LogP contribution in [0.2, 0.25) is 0 Å². The fourth-order valence-electron chi connectivity index (χ4n) is 11.9. The zero-order valence-corrected chi connectivity index (χ0v) is 30.5. The van der Waals surface area contributed by atoms with Crippen LogP contribution < -0.4 is 9.47 Å². The second kappa shape index (κ2) is 11.5.